The number of hydrogen-bond acceptors (Lipinski definition) is 1. The van der Waals surface area contributed by atoms with Crippen molar-refractivity contribution in [3.8, 4) is 0 Å². The fraction of sp³-hybridized carbons (Fsp3) is 1.00. The van der Waals surface area contributed by atoms with Gasteiger partial charge in [-0.05, 0) is 38.3 Å². The van der Waals surface area contributed by atoms with Gasteiger partial charge < -0.3 is 4.12 Å². The molecule has 0 aliphatic carbocycles. The monoisotopic (exact) mass is 918 g/mol. The molecule has 332 valence electrons. The predicted molar refractivity (Wildman–Crippen MR) is 136 cm³/mol. The smallest absolute Gasteiger partial charge is 0.384 e. The third kappa shape index (κ3) is 9.51. The van der Waals surface area contributed by atoms with Crippen molar-refractivity contribution in [2.75, 3.05) is 0 Å². The van der Waals surface area contributed by atoms with Crippen LogP contribution in [0.1, 0.15) is 12.8 Å². The Morgan fingerprint density at radius 2 is 0.582 bits per heavy atom. The van der Waals surface area contributed by atoms with Crippen LogP contribution in [0.5, 0.6) is 0 Å². The molecule has 0 bridgehead atoms. The van der Waals surface area contributed by atoms with E-state index in [-0.39, 0.29) is 0 Å². The van der Waals surface area contributed by atoms with Gasteiger partial charge in [-0.15, -0.1) is 0 Å². The van der Waals surface area contributed by atoms with Crippen LogP contribution >= 0.6 is 0 Å². The molecule has 0 aromatic carbocycles. The quantitative estimate of drug-likeness (QED) is 0.0777. The van der Waals surface area contributed by atoms with E-state index in [9.17, 15) is 123 Å². The topological polar surface area (TPSA) is 9.23 Å². The molecule has 0 N–H and O–H groups in total. The summed E-state index contributed by atoms with van der Waals surface area (Å²) in [5, 5.41) is 0. The van der Waals surface area contributed by atoms with Crippen LogP contribution in [-0.4, -0.2) is 113 Å². The van der Waals surface area contributed by atoms with E-state index in [4.69, 9.17) is 4.12 Å². The summed E-state index contributed by atoms with van der Waals surface area (Å²) in [7, 11) is -8.89. The van der Waals surface area contributed by atoms with Gasteiger partial charge in [0.25, 0.3) is 12.9 Å². The van der Waals surface area contributed by atoms with Gasteiger partial charge in [0.05, 0.1) is 0 Å². The molecular formula is C24H26F28OSi2. The number of halogens is 28. The van der Waals surface area contributed by atoms with Gasteiger partial charge in [0.2, 0.25) is 12.3 Å². The van der Waals surface area contributed by atoms with Crippen LogP contribution in [0.2, 0.25) is 38.3 Å². The van der Waals surface area contributed by atoms with Gasteiger partial charge in [-0.1, -0.05) is 0 Å². The second-order valence-corrected chi connectivity index (χ2v) is 21.9. The highest BCUT2D eigenvalue weighted by molar-refractivity contribution is 6.84. The molecule has 0 saturated heterocycles. The van der Waals surface area contributed by atoms with Gasteiger partial charge in [-0.2, -0.15) is 87.8 Å². The minimum Gasteiger partial charge on any atom is -0.455 e. The highest BCUT2D eigenvalue weighted by Crippen LogP contribution is 2.61. The van der Waals surface area contributed by atoms with Crippen molar-refractivity contribution in [1.29, 1.82) is 0 Å². The van der Waals surface area contributed by atoms with E-state index in [0.29, 0.717) is 26.2 Å². The average molecular weight is 919 g/mol. The molecular weight excluding hydrogens is 892 g/mol. The number of rotatable bonds is 22. The summed E-state index contributed by atoms with van der Waals surface area (Å²) in [6.45, 7) is 2.30. The number of hydrogen-bond donors (Lipinski definition) is 0. The Morgan fingerprint density at radius 3 is 0.782 bits per heavy atom. The highest BCUT2D eigenvalue weighted by atomic mass is 28.4. The van der Waals surface area contributed by atoms with Gasteiger partial charge in [0.15, 0.2) is 29.0 Å². The maximum atomic E-state index is 14.4. The maximum absolute atomic E-state index is 14.4. The zero-order chi connectivity index (χ0) is 45.0. The van der Waals surface area contributed by atoms with Crippen LogP contribution in [0, 0.1) is 0 Å². The van der Waals surface area contributed by atoms with E-state index in [1.165, 1.54) is 0 Å². The summed E-state index contributed by atoms with van der Waals surface area (Å²) >= 11 is 0. The van der Waals surface area contributed by atoms with Gasteiger partial charge in [-0.3, -0.25) is 0 Å². The van der Waals surface area contributed by atoms with Crippen LogP contribution in [-0.2, 0) is 4.12 Å². The van der Waals surface area contributed by atoms with E-state index < -0.39 is 138 Å². The molecule has 0 spiro atoms. The summed E-state index contributed by atoms with van der Waals surface area (Å²) in [5.41, 5.74) is 0. The zero-order valence-corrected chi connectivity index (χ0v) is 29.3. The minimum absolute atomic E-state index is 0.574. The van der Waals surface area contributed by atoms with Gasteiger partial charge in [0, 0.05) is 12.8 Å². The van der Waals surface area contributed by atoms with Gasteiger partial charge in [0.1, 0.15) is 0 Å². The summed E-state index contributed by atoms with van der Waals surface area (Å²) in [6, 6.07) is -3.53. The first-order chi connectivity index (χ1) is 23.7. The molecule has 0 aliphatic rings. The van der Waals surface area contributed by atoms with Crippen LogP contribution < -0.4 is 0 Å². The fourth-order valence-corrected chi connectivity index (χ4v) is 13.0. The first-order valence-corrected chi connectivity index (χ1v) is 20.5. The standard InChI is InChI=1S/C24H26F28OSi2/c1-54(2,7-5-15(33,34)19(41,42)23(49,50)21(45,46)17(37,38)11(27)9(25)13(29)30)53-55(3,4)8-6-16(35,36)20(43,44)24(51,52)22(47,48)18(39,40)12(28)10(26)14(31)32/h9-14H,5-8H2,1-4H3. The van der Waals surface area contributed by atoms with Gasteiger partial charge in [-0.25, -0.2) is 35.1 Å². The van der Waals surface area contributed by atoms with Crippen molar-refractivity contribution in [1.82, 2.24) is 0 Å². The van der Waals surface area contributed by atoms with Crippen molar-refractivity contribution in [3.63, 3.8) is 0 Å². The SMILES string of the molecule is C[Si](C)(CCC(F)(F)C(F)(F)C(F)(F)C(F)(F)C(F)(F)C(F)C(F)C(F)F)O[Si](C)(C)CCC(F)(F)C(F)(F)C(F)(F)C(F)(F)C(F)(F)C(F)C(F)C(F)F. The van der Waals surface area contributed by atoms with E-state index >= 15 is 0 Å². The third-order valence-electron chi connectivity index (χ3n) is 7.70. The normalized spacial score (nSPS) is 18.2. The molecule has 0 heterocycles. The molecule has 0 aromatic rings. The minimum atomic E-state index is -8.10. The van der Waals surface area contributed by atoms with Crippen molar-refractivity contribution in [3.05, 3.63) is 0 Å². The summed E-state index contributed by atoms with van der Waals surface area (Å²) in [6.07, 6.45) is -37.1. The van der Waals surface area contributed by atoms with Crippen LogP contribution in [0.25, 0.3) is 0 Å². The van der Waals surface area contributed by atoms with E-state index in [2.05, 4.69) is 0 Å². The van der Waals surface area contributed by atoms with Gasteiger partial charge >= 0.3 is 59.2 Å². The second-order valence-electron chi connectivity index (χ2n) is 13.1. The number of alkyl halides is 28. The third-order valence-corrected chi connectivity index (χ3v) is 15.0. The Bertz CT molecular complexity index is 1170. The largest absolute Gasteiger partial charge is 0.455 e. The second kappa shape index (κ2) is 15.9. The molecule has 4 unspecified atom stereocenters. The Labute approximate surface area is 292 Å². The molecule has 0 saturated carbocycles. The molecule has 0 aromatic heterocycles. The highest BCUT2D eigenvalue weighted by Gasteiger charge is 2.89. The molecule has 31 heteroatoms. The van der Waals surface area contributed by atoms with Crippen LogP contribution in [0.4, 0.5) is 123 Å². The van der Waals surface area contributed by atoms with E-state index in [0.717, 1.165) is 0 Å². The Balaban J connectivity index is 6.24. The maximum Gasteiger partial charge on any atom is 0.384 e. The lowest BCUT2D eigenvalue weighted by Crippen LogP contribution is -2.70. The predicted octanol–water partition coefficient (Wildman–Crippen LogP) is 12.4. The van der Waals surface area contributed by atoms with Crippen LogP contribution in [0.15, 0.2) is 0 Å². The Morgan fingerprint density at radius 1 is 0.364 bits per heavy atom. The van der Waals surface area contributed by atoms with E-state index in [1.54, 1.807) is 0 Å². The molecule has 0 radical (unpaired) electrons. The summed E-state index contributed by atoms with van der Waals surface area (Å²) < 4.78 is 387. The van der Waals surface area contributed by atoms with E-state index in [1.807, 2.05) is 0 Å². The molecule has 0 aliphatic heterocycles. The van der Waals surface area contributed by atoms with Crippen molar-refractivity contribution in [2.45, 2.75) is 148 Å². The van der Waals surface area contributed by atoms with Crippen LogP contribution in [0.3, 0.4) is 0 Å². The Hall–Kier alpha value is -1.57. The fourth-order valence-electron chi connectivity index (χ4n) is 4.35. The lowest BCUT2D eigenvalue weighted by Gasteiger charge is -2.42. The zero-order valence-electron chi connectivity index (χ0n) is 27.3. The average Bonchev–Trinajstić information content (AvgIpc) is 2.99. The Kier molecular flexibility index (Phi) is 15.4. The first-order valence-electron chi connectivity index (χ1n) is 14.3. The first kappa shape index (κ1) is 53.4. The molecule has 0 rings (SSSR count). The lowest BCUT2D eigenvalue weighted by molar-refractivity contribution is -0.409. The molecule has 4 atom stereocenters. The van der Waals surface area contributed by atoms with Crippen molar-refractivity contribution >= 4 is 16.6 Å². The van der Waals surface area contributed by atoms with Crippen molar-refractivity contribution in [2.24, 2.45) is 0 Å². The molecule has 0 amide bonds. The molecule has 1 nitrogen and oxygen atoms in total. The van der Waals surface area contributed by atoms with Crippen molar-refractivity contribution < 1.29 is 127 Å². The molecule has 0 fully saturated rings. The summed E-state index contributed by atoms with van der Waals surface area (Å²) in [5.74, 6) is -76.0. The summed E-state index contributed by atoms with van der Waals surface area (Å²) in [4.78, 5) is 0. The molecule has 55 heavy (non-hydrogen) atoms. The lowest BCUT2D eigenvalue weighted by atomic mass is 9.90.